The number of fused-ring (bicyclic) bond motifs is 1. The minimum absolute atomic E-state index is 0.103. The van der Waals surface area contributed by atoms with Gasteiger partial charge in [0.25, 0.3) is 5.91 Å². The van der Waals surface area contributed by atoms with Crippen LogP contribution in [0.15, 0.2) is 42.7 Å². The number of amides is 1. The largest absolute Gasteiger partial charge is 0.349 e. The van der Waals surface area contributed by atoms with Crippen LogP contribution in [0.25, 0.3) is 4.96 Å². The first-order chi connectivity index (χ1) is 12.2. The van der Waals surface area contributed by atoms with Crippen molar-refractivity contribution >= 4 is 22.2 Å². The molecule has 1 N–H and O–H groups in total. The van der Waals surface area contributed by atoms with E-state index in [4.69, 9.17) is 0 Å². The molecule has 3 heterocycles. The third kappa shape index (κ3) is 3.45. The van der Waals surface area contributed by atoms with Crippen molar-refractivity contribution in [1.82, 2.24) is 19.6 Å². The van der Waals surface area contributed by atoms with Gasteiger partial charge in [-0.05, 0) is 38.4 Å². The van der Waals surface area contributed by atoms with Gasteiger partial charge < -0.3 is 5.32 Å². The highest BCUT2D eigenvalue weighted by Gasteiger charge is 2.24. The van der Waals surface area contributed by atoms with Crippen molar-refractivity contribution in [3.63, 3.8) is 0 Å². The average Bonchev–Trinajstić information content (AvgIpc) is 3.32. The molecule has 4 rings (SSSR count). The van der Waals surface area contributed by atoms with Crippen LogP contribution < -0.4 is 5.32 Å². The predicted molar refractivity (Wildman–Crippen MR) is 100 cm³/mol. The molecular formula is C19H22N4OS. The van der Waals surface area contributed by atoms with Crippen molar-refractivity contribution in [3.8, 4) is 0 Å². The maximum absolute atomic E-state index is 12.5. The highest BCUT2D eigenvalue weighted by Crippen LogP contribution is 2.24. The number of nitrogens with one attached hydrogen (secondary N) is 1. The Balaban J connectivity index is 1.48. The molecule has 130 valence electrons. The molecule has 2 aromatic heterocycles. The van der Waals surface area contributed by atoms with E-state index >= 15 is 0 Å². The normalized spacial score (nSPS) is 16.4. The van der Waals surface area contributed by atoms with Crippen LogP contribution in [0.1, 0.15) is 39.8 Å². The van der Waals surface area contributed by atoms with Crippen LogP contribution in [0, 0.1) is 6.92 Å². The summed E-state index contributed by atoms with van der Waals surface area (Å²) in [4.78, 5) is 21.5. The average molecular weight is 354 g/mol. The maximum Gasteiger partial charge on any atom is 0.271 e. The summed E-state index contributed by atoms with van der Waals surface area (Å²) in [6, 6.07) is 10.7. The van der Waals surface area contributed by atoms with Gasteiger partial charge in [-0.1, -0.05) is 30.3 Å². The first kappa shape index (κ1) is 16.3. The number of likely N-dealkylation sites (tertiary alicyclic amines) is 1. The standard InChI is InChI=1S/C19H22N4OS/c1-14-12-23-13-16(21-19(23)25-14)18(24)20-11-17(22-9-5-6-10-22)15-7-3-2-4-8-15/h2-4,7-8,12-13,17H,5-6,9-11H2,1H3,(H,20,24). The van der Waals surface area contributed by atoms with Crippen molar-refractivity contribution < 1.29 is 4.79 Å². The Kier molecular flexibility index (Phi) is 4.55. The number of aryl methyl sites for hydroxylation is 1. The van der Waals surface area contributed by atoms with Crippen molar-refractivity contribution in [2.45, 2.75) is 25.8 Å². The fraction of sp³-hybridized carbons (Fsp3) is 0.368. The van der Waals surface area contributed by atoms with E-state index in [-0.39, 0.29) is 11.9 Å². The van der Waals surface area contributed by atoms with Gasteiger partial charge in [0.1, 0.15) is 5.69 Å². The van der Waals surface area contributed by atoms with Crippen LogP contribution in [0.2, 0.25) is 0 Å². The molecule has 0 bridgehead atoms. The van der Waals surface area contributed by atoms with Crippen LogP contribution in [-0.2, 0) is 0 Å². The second kappa shape index (κ2) is 6.98. The Bertz CT molecular complexity index is 833. The van der Waals surface area contributed by atoms with E-state index in [0.29, 0.717) is 12.2 Å². The molecule has 1 fully saturated rings. The van der Waals surface area contributed by atoms with Crippen LogP contribution in [0.4, 0.5) is 0 Å². The molecule has 1 aromatic carbocycles. The van der Waals surface area contributed by atoms with Gasteiger partial charge in [0.15, 0.2) is 4.96 Å². The molecule has 1 aliphatic heterocycles. The number of imidazole rings is 1. The van der Waals surface area contributed by atoms with E-state index in [1.807, 2.05) is 29.8 Å². The first-order valence-corrected chi connectivity index (χ1v) is 9.55. The number of thiazole rings is 1. The number of benzene rings is 1. The summed E-state index contributed by atoms with van der Waals surface area (Å²) in [5.74, 6) is -0.103. The van der Waals surface area contributed by atoms with E-state index in [2.05, 4.69) is 39.5 Å². The highest BCUT2D eigenvalue weighted by molar-refractivity contribution is 7.17. The third-order valence-electron chi connectivity index (χ3n) is 4.73. The molecule has 25 heavy (non-hydrogen) atoms. The van der Waals surface area contributed by atoms with Gasteiger partial charge >= 0.3 is 0 Å². The second-order valence-electron chi connectivity index (χ2n) is 6.54. The summed E-state index contributed by atoms with van der Waals surface area (Å²) in [5.41, 5.74) is 1.74. The Morgan fingerprint density at radius 3 is 2.72 bits per heavy atom. The summed E-state index contributed by atoms with van der Waals surface area (Å²) < 4.78 is 1.92. The van der Waals surface area contributed by atoms with Crippen molar-refractivity contribution in [2.75, 3.05) is 19.6 Å². The Morgan fingerprint density at radius 2 is 2.00 bits per heavy atom. The fourth-order valence-corrected chi connectivity index (χ4v) is 4.30. The quantitative estimate of drug-likeness (QED) is 0.765. The number of aromatic nitrogens is 2. The highest BCUT2D eigenvalue weighted by atomic mass is 32.1. The summed E-state index contributed by atoms with van der Waals surface area (Å²) in [6.07, 6.45) is 6.27. The third-order valence-corrected chi connectivity index (χ3v) is 5.64. The predicted octanol–water partition coefficient (Wildman–Crippen LogP) is 3.27. The molecular weight excluding hydrogens is 332 g/mol. The first-order valence-electron chi connectivity index (χ1n) is 8.73. The van der Waals surface area contributed by atoms with Crippen LogP contribution in [0.5, 0.6) is 0 Å². The zero-order valence-electron chi connectivity index (χ0n) is 14.3. The molecule has 1 unspecified atom stereocenters. The molecule has 5 nitrogen and oxygen atoms in total. The summed E-state index contributed by atoms with van der Waals surface area (Å²) in [7, 11) is 0. The number of carbonyl (C=O) groups is 1. The zero-order valence-corrected chi connectivity index (χ0v) is 15.1. The second-order valence-corrected chi connectivity index (χ2v) is 7.75. The van der Waals surface area contributed by atoms with Crippen molar-refractivity contribution in [2.24, 2.45) is 0 Å². The summed E-state index contributed by atoms with van der Waals surface area (Å²) in [5, 5.41) is 3.09. The fourth-order valence-electron chi connectivity index (χ4n) is 3.49. The number of nitrogens with zero attached hydrogens (tertiary/aromatic N) is 3. The van der Waals surface area contributed by atoms with E-state index in [0.717, 1.165) is 18.1 Å². The molecule has 0 aliphatic carbocycles. The molecule has 3 aromatic rings. The van der Waals surface area contributed by atoms with E-state index in [9.17, 15) is 4.79 Å². The smallest absolute Gasteiger partial charge is 0.271 e. The number of rotatable bonds is 5. The van der Waals surface area contributed by atoms with Gasteiger partial charge in [0.05, 0.1) is 6.04 Å². The molecule has 1 aliphatic rings. The molecule has 1 amide bonds. The van der Waals surface area contributed by atoms with Gasteiger partial charge in [0, 0.05) is 23.8 Å². The van der Waals surface area contributed by atoms with Gasteiger partial charge in [-0.3, -0.25) is 14.1 Å². The van der Waals surface area contributed by atoms with E-state index in [1.54, 1.807) is 11.3 Å². The summed E-state index contributed by atoms with van der Waals surface area (Å²) >= 11 is 1.60. The number of hydrogen-bond acceptors (Lipinski definition) is 4. The van der Waals surface area contributed by atoms with Gasteiger partial charge in [0.2, 0.25) is 0 Å². The lowest BCUT2D eigenvalue weighted by atomic mass is 10.1. The molecule has 0 saturated carbocycles. The maximum atomic E-state index is 12.5. The molecule has 6 heteroatoms. The van der Waals surface area contributed by atoms with Gasteiger partial charge in [-0.15, -0.1) is 11.3 Å². The SMILES string of the molecule is Cc1cn2cc(C(=O)NCC(c3ccccc3)N3CCCC3)nc2s1. The van der Waals surface area contributed by atoms with Crippen LogP contribution >= 0.6 is 11.3 Å². The molecule has 1 atom stereocenters. The number of carbonyl (C=O) groups excluding carboxylic acids is 1. The van der Waals surface area contributed by atoms with Crippen LogP contribution in [-0.4, -0.2) is 39.8 Å². The Morgan fingerprint density at radius 1 is 1.24 bits per heavy atom. The lowest BCUT2D eigenvalue weighted by Crippen LogP contribution is -2.36. The van der Waals surface area contributed by atoms with E-state index < -0.39 is 0 Å². The molecule has 0 radical (unpaired) electrons. The number of hydrogen-bond donors (Lipinski definition) is 1. The lowest BCUT2D eigenvalue weighted by molar-refractivity contribution is 0.0933. The monoisotopic (exact) mass is 354 g/mol. The zero-order chi connectivity index (χ0) is 17.2. The van der Waals surface area contributed by atoms with Crippen molar-refractivity contribution in [3.05, 3.63) is 58.9 Å². The van der Waals surface area contributed by atoms with Gasteiger partial charge in [-0.2, -0.15) is 0 Å². The molecule has 1 saturated heterocycles. The van der Waals surface area contributed by atoms with Gasteiger partial charge in [-0.25, -0.2) is 4.98 Å². The van der Waals surface area contributed by atoms with Crippen molar-refractivity contribution in [1.29, 1.82) is 0 Å². The summed E-state index contributed by atoms with van der Waals surface area (Å²) in [6.45, 7) is 4.83. The van der Waals surface area contributed by atoms with E-state index in [1.165, 1.54) is 23.3 Å². The minimum Gasteiger partial charge on any atom is -0.349 e. The minimum atomic E-state index is -0.103. The topological polar surface area (TPSA) is 49.6 Å². The lowest BCUT2D eigenvalue weighted by Gasteiger charge is -2.28. The Hall–Kier alpha value is -2.18. The Labute approximate surface area is 151 Å². The van der Waals surface area contributed by atoms with Crippen LogP contribution in [0.3, 0.4) is 0 Å². The molecule has 0 spiro atoms.